The minimum atomic E-state index is -0.388. The number of hydrogen-bond donors (Lipinski definition) is 0. The van der Waals surface area contributed by atoms with Crippen LogP contribution in [0.25, 0.3) is 0 Å². The number of terminal acetylenes is 1. The molecule has 13 heavy (non-hydrogen) atoms. The van der Waals surface area contributed by atoms with Crippen molar-refractivity contribution in [1.82, 2.24) is 0 Å². The van der Waals surface area contributed by atoms with Crippen molar-refractivity contribution < 1.29 is 4.79 Å². The number of carbonyl (C=O) groups excluding carboxylic acids is 1. The Morgan fingerprint density at radius 3 is 2.85 bits per heavy atom. The number of fused-ring (bicyclic) bond motifs is 1. The molecule has 2 nitrogen and oxygen atoms in total. The summed E-state index contributed by atoms with van der Waals surface area (Å²) in [7, 11) is 1.75. The number of likely N-dealkylation sites (N-methyl/N-ethyl adjacent to an activating group) is 1. The van der Waals surface area contributed by atoms with Gasteiger partial charge in [-0.2, -0.15) is 0 Å². The van der Waals surface area contributed by atoms with Gasteiger partial charge in [0.1, 0.15) is 5.92 Å². The van der Waals surface area contributed by atoms with Gasteiger partial charge in [0.15, 0.2) is 0 Å². The zero-order valence-electron chi connectivity index (χ0n) is 7.32. The Bertz CT molecular complexity index is 403. The van der Waals surface area contributed by atoms with Crippen molar-refractivity contribution in [2.45, 2.75) is 5.92 Å². The summed E-state index contributed by atoms with van der Waals surface area (Å²) in [6.07, 6.45) is 5.30. The van der Waals surface area contributed by atoms with E-state index in [-0.39, 0.29) is 11.8 Å². The van der Waals surface area contributed by atoms with Crippen LogP contribution < -0.4 is 4.90 Å². The molecule has 0 aromatic heterocycles. The van der Waals surface area contributed by atoms with E-state index in [9.17, 15) is 4.79 Å². The lowest BCUT2D eigenvalue weighted by Crippen LogP contribution is -2.23. The fraction of sp³-hybridized carbons (Fsp3) is 0.182. The van der Waals surface area contributed by atoms with E-state index in [0.717, 1.165) is 11.3 Å². The molecule has 1 aromatic carbocycles. The van der Waals surface area contributed by atoms with E-state index >= 15 is 0 Å². The zero-order valence-corrected chi connectivity index (χ0v) is 7.32. The Labute approximate surface area is 77.2 Å². The maximum atomic E-state index is 11.6. The van der Waals surface area contributed by atoms with Gasteiger partial charge in [-0.25, -0.2) is 0 Å². The van der Waals surface area contributed by atoms with E-state index in [1.165, 1.54) is 0 Å². The third-order valence-corrected chi connectivity index (χ3v) is 2.35. The van der Waals surface area contributed by atoms with Crippen LogP contribution in [0.2, 0.25) is 0 Å². The maximum Gasteiger partial charge on any atom is 0.246 e. The SMILES string of the molecule is C#CC1C(=O)N(C)c2ccccc21. The molecule has 1 aliphatic rings. The van der Waals surface area contributed by atoms with Gasteiger partial charge < -0.3 is 4.90 Å². The first-order valence-corrected chi connectivity index (χ1v) is 4.08. The van der Waals surface area contributed by atoms with E-state index in [2.05, 4.69) is 5.92 Å². The van der Waals surface area contributed by atoms with Crippen LogP contribution in [-0.4, -0.2) is 13.0 Å². The molecule has 0 saturated carbocycles. The fourth-order valence-corrected chi connectivity index (χ4v) is 1.64. The van der Waals surface area contributed by atoms with Gasteiger partial charge >= 0.3 is 0 Å². The highest BCUT2D eigenvalue weighted by Crippen LogP contribution is 2.35. The van der Waals surface area contributed by atoms with Gasteiger partial charge in [0.25, 0.3) is 0 Å². The first-order valence-electron chi connectivity index (χ1n) is 4.08. The summed E-state index contributed by atoms with van der Waals surface area (Å²) in [5, 5.41) is 0. The first kappa shape index (κ1) is 7.88. The first-order chi connectivity index (χ1) is 6.25. The summed E-state index contributed by atoms with van der Waals surface area (Å²) < 4.78 is 0. The second-order valence-electron chi connectivity index (χ2n) is 3.06. The van der Waals surface area contributed by atoms with Crippen LogP contribution in [0.3, 0.4) is 0 Å². The molecule has 1 aliphatic heterocycles. The lowest BCUT2D eigenvalue weighted by molar-refractivity contribution is -0.117. The topological polar surface area (TPSA) is 20.3 Å². The number of amides is 1. The number of anilines is 1. The minimum absolute atomic E-state index is 0.0105. The highest BCUT2D eigenvalue weighted by molar-refractivity contribution is 6.06. The summed E-state index contributed by atoms with van der Waals surface area (Å²) in [5.74, 6) is 2.11. The average Bonchev–Trinajstić information content (AvgIpc) is 2.41. The molecule has 1 amide bonds. The van der Waals surface area contributed by atoms with Gasteiger partial charge in [0, 0.05) is 18.3 Å². The van der Waals surface area contributed by atoms with Crippen LogP contribution >= 0.6 is 0 Å². The van der Waals surface area contributed by atoms with Crippen molar-refractivity contribution in [2.75, 3.05) is 11.9 Å². The van der Waals surface area contributed by atoms with E-state index < -0.39 is 0 Å². The van der Waals surface area contributed by atoms with Crippen LogP contribution in [0.1, 0.15) is 11.5 Å². The van der Waals surface area contributed by atoms with Crippen molar-refractivity contribution in [3.8, 4) is 12.3 Å². The monoisotopic (exact) mass is 171 g/mol. The molecule has 1 aromatic rings. The van der Waals surface area contributed by atoms with Crippen LogP contribution in [0.4, 0.5) is 5.69 Å². The van der Waals surface area contributed by atoms with Crippen molar-refractivity contribution in [1.29, 1.82) is 0 Å². The largest absolute Gasteiger partial charge is 0.314 e. The molecule has 1 atom stereocenters. The lowest BCUT2D eigenvalue weighted by Gasteiger charge is -2.08. The maximum absolute atomic E-state index is 11.6. The van der Waals surface area contributed by atoms with Crippen molar-refractivity contribution >= 4 is 11.6 Å². The molecule has 1 unspecified atom stereocenters. The van der Waals surface area contributed by atoms with E-state index in [0.29, 0.717) is 0 Å². The summed E-state index contributed by atoms with van der Waals surface area (Å²) in [4.78, 5) is 13.2. The van der Waals surface area contributed by atoms with Crippen molar-refractivity contribution in [3.63, 3.8) is 0 Å². The normalized spacial score (nSPS) is 19.8. The molecule has 0 radical (unpaired) electrons. The molecule has 0 aliphatic carbocycles. The molecule has 0 fully saturated rings. The molecule has 0 N–H and O–H groups in total. The molecule has 2 rings (SSSR count). The van der Waals surface area contributed by atoms with Crippen molar-refractivity contribution in [3.05, 3.63) is 29.8 Å². The van der Waals surface area contributed by atoms with Crippen LogP contribution in [-0.2, 0) is 4.79 Å². The van der Waals surface area contributed by atoms with Crippen molar-refractivity contribution in [2.24, 2.45) is 0 Å². The smallest absolute Gasteiger partial charge is 0.246 e. The second kappa shape index (κ2) is 2.63. The second-order valence-corrected chi connectivity index (χ2v) is 3.06. The summed E-state index contributed by atoms with van der Waals surface area (Å²) in [5.41, 5.74) is 1.87. The zero-order chi connectivity index (χ0) is 9.42. The number of benzene rings is 1. The van der Waals surface area contributed by atoms with Gasteiger partial charge in [-0.15, -0.1) is 6.42 Å². The number of carbonyl (C=O) groups is 1. The molecule has 2 heteroatoms. The molecule has 0 saturated heterocycles. The van der Waals surface area contributed by atoms with Gasteiger partial charge in [0.2, 0.25) is 5.91 Å². The third kappa shape index (κ3) is 0.940. The molecule has 1 heterocycles. The van der Waals surface area contributed by atoms with E-state index in [1.54, 1.807) is 11.9 Å². The highest BCUT2D eigenvalue weighted by Gasteiger charge is 2.32. The summed E-state index contributed by atoms with van der Waals surface area (Å²) in [6.45, 7) is 0. The Hall–Kier alpha value is -1.75. The minimum Gasteiger partial charge on any atom is -0.314 e. The molecular weight excluding hydrogens is 162 g/mol. The molecule has 0 spiro atoms. The van der Waals surface area contributed by atoms with Gasteiger partial charge in [-0.05, 0) is 6.07 Å². The standard InChI is InChI=1S/C11H9NO/c1-3-8-9-6-4-5-7-10(9)12(2)11(8)13/h1,4-8H,2H3. The van der Waals surface area contributed by atoms with Gasteiger partial charge in [0.05, 0.1) is 0 Å². The number of rotatable bonds is 0. The molecule has 0 bridgehead atoms. The predicted octanol–water partition coefficient (Wildman–Crippen LogP) is 1.38. The van der Waals surface area contributed by atoms with Crippen LogP contribution in [0, 0.1) is 12.3 Å². The predicted molar refractivity (Wildman–Crippen MR) is 51.4 cm³/mol. The summed E-state index contributed by atoms with van der Waals surface area (Å²) >= 11 is 0. The molecule has 64 valence electrons. The lowest BCUT2D eigenvalue weighted by atomic mass is 10.0. The van der Waals surface area contributed by atoms with Crippen LogP contribution in [0.5, 0.6) is 0 Å². The Balaban J connectivity index is 2.61. The number of nitrogens with zero attached hydrogens (tertiary/aromatic N) is 1. The van der Waals surface area contributed by atoms with Crippen LogP contribution in [0.15, 0.2) is 24.3 Å². The Kier molecular flexibility index (Phi) is 1.60. The number of hydrogen-bond acceptors (Lipinski definition) is 1. The van der Waals surface area contributed by atoms with Gasteiger partial charge in [-0.1, -0.05) is 24.1 Å². The van der Waals surface area contributed by atoms with Gasteiger partial charge in [-0.3, -0.25) is 4.79 Å². The Morgan fingerprint density at radius 1 is 1.46 bits per heavy atom. The average molecular weight is 171 g/mol. The highest BCUT2D eigenvalue weighted by atomic mass is 16.2. The molecular formula is C11H9NO. The van der Waals surface area contributed by atoms with E-state index in [1.807, 2.05) is 24.3 Å². The third-order valence-electron chi connectivity index (χ3n) is 2.35. The fourth-order valence-electron chi connectivity index (χ4n) is 1.64. The summed E-state index contributed by atoms with van der Waals surface area (Å²) in [6, 6.07) is 7.61. The quantitative estimate of drug-likeness (QED) is 0.540. The Morgan fingerprint density at radius 2 is 2.15 bits per heavy atom. The number of para-hydroxylation sites is 1. The van der Waals surface area contributed by atoms with E-state index in [4.69, 9.17) is 6.42 Å².